The molecule has 1 aromatic carbocycles. The fourth-order valence-electron chi connectivity index (χ4n) is 1.54. The second-order valence-corrected chi connectivity index (χ2v) is 3.68. The summed E-state index contributed by atoms with van der Waals surface area (Å²) in [5.41, 5.74) is 3.40. The van der Waals surface area contributed by atoms with E-state index in [1.807, 2.05) is 26.1 Å². The van der Waals surface area contributed by atoms with Crippen LogP contribution in [0.15, 0.2) is 29.4 Å². The summed E-state index contributed by atoms with van der Waals surface area (Å²) in [6.07, 6.45) is 4.24. The minimum atomic E-state index is 0.564. The van der Waals surface area contributed by atoms with Crippen LogP contribution >= 0.6 is 0 Å². The van der Waals surface area contributed by atoms with Crippen molar-refractivity contribution in [3.8, 4) is 5.69 Å². The molecule has 2 aromatic rings. The summed E-state index contributed by atoms with van der Waals surface area (Å²) in [6.45, 7) is 3.99. The van der Waals surface area contributed by atoms with Gasteiger partial charge < -0.3 is 0 Å². The first-order valence-electron chi connectivity index (χ1n) is 5.34. The SMILES string of the molecule is CCc1cn(-c2cc(N=C=O)ccc2C)nn1. The van der Waals surface area contributed by atoms with E-state index in [2.05, 4.69) is 15.3 Å². The number of hydrogen-bond acceptors (Lipinski definition) is 4. The Kier molecular flexibility index (Phi) is 3.12. The highest BCUT2D eigenvalue weighted by atomic mass is 16.1. The van der Waals surface area contributed by atoms with E-state index >= 15 is 0 Å². The maximum Gasteiger partial charge on any atom is 0.240 e. The molecular formula is C12H12N4O. The van der Waals surface area contributed by atoms with Crippen LogP contribution in [0.25, 0.3) is 5.69 Å². The molecule has 0 fully saturated rings. The van der Waals surface area contributed by atoms with E-state index in [4.69, 9.17) is 0 Å². The number of aromatic nitrogens is 3. The lowest BCUT2D eigenvalue weighted by Crippen LogP contribution is -1.97. The maximum atomic E-state index is 10.2. The normalized spacial score (nSPS) is 10.0. The van der Waals surface area contributed by atoms with Gasteiger partial charge in [0, 0.05) is 0 Å². The van der Waals surface area contributed by atoms with Crippen LogP contribution in [0.5, 0.6) is 0 Å². The fraction of sp³-hybridized carbons (Fsp3) is 0.250. The van der Waals surface area contributed by atoms with Gasteiger partial charge in [-0.1, -0.05) is 18.2 Å². The number of benzene rings is 1. The number of aliphatic imine (C=N–C) groups is 1. The molecular weight excluding hydrogens is 216 g/mol. The van der Waals surface area contributed by atoms with Crippen molar-refractivity contribution in [3.63, 3.8) is 0 Å². The molecule has 86 valence electrons. The van der Waals surface area contributed by atoms with E-state index in [1.54, 1.807) is 16.8 Å². The second-order valence-electron chi connectivity index (χ2n) is 3.68. The van der Waals surface area contributed by atoms with Crippen LogP contribution in [0, 0.1) is 6.92 Å². The van der Waals surface area contributed by atoms with E-state index in [9.17, 15) is 4.79 Å². The molecule has 1 heterocycles. The molecule has 0 unspecified atom stereocenters. The number of hydrogen-bond donors (Lipinski definition) is 0. The highest BCUT2D eigenvalue weighted by Gasteiger charge is 2.05. The first-order chi connectivity index (χ1) is 8.24. The molecule has 0 aliphatic heterocycles. The largest absolute Gasteiger partial charge is 0.240 e. The van der Waals surface area contributed by atoms with Crippen molar-refractivity contribution in [1.29, 1.82) is 0 Å². The van der Waals surface area contributed by atoms with E-state index in [1.165, 1.54) is 6.08 Å². The van der Waals surface area contributed by atoms with Crippen molar-refractivity contribution < 1.29 is 4.79 Å². The molecule has 0 spiro atoms. The van der Waals surface area contributed by atoms with Crippen LogP contribution in [0.4, 0.5) is 5.69 Å². The predicted molar refractivity (Wildman–Crippen MR) is 63.3 cm³/mol. The molecule has 0 amide bonds. The Morgan fingerprint density at radius 1 is 1.47 bits per heavy atom. The lowest BCUT2D eigenvalue weighted by molar-refractivity contribution is 0.565. The zero-order chi connectivity index (χ0) is 12.3. The van der Waals surface area contributed by atoms with Gasteiger partial charge in [-0.25, -0.2) is 9.48 Å². The molecule has 0 saturated carbocycles. The van der Waals surface area contributed by atoms with Crippen LogP contribution in [0.2, 0.25) is 0 Å². The first-order valence-corrected chi connectivity index (χ1v) is 5.34. The van der Waals surface area contributed by atoms with Crippen LogP contribution in [-0.2, 0) is 11.2 Å². The summed E-state index contributed by atoms with van der Waals surface area (Å²) in [4.78, 5) is 13.8. The van der Waals surface area contributed by atoms with Crippen LogP contribution in [-0.4, -0.2) is 21.1 Å². The van der Waals surface area contributed by atoms with Crippen molar-refractivity contribution in [1.82, 2.24) is 15.0 Å². The summed E-state index contributed by atoms with van der Waals surface area (Å²) in [6, 6.07) is 5.44. The lowest BCUT2D eigenvalue weighted by atomic mass is 10.2. The Hall–Kier alpha value is -2.26. The number of carbonyl (C=O) groups excluding carboxylic acids is 1. The third kappa shape index (κ3) is 2.29. The quantitative estimate of drug-likeness (QED) is 0.597. The van der Waals surface area contributed by atoms with E-state index in [0.717, 1.165) is 23.4 Å². The Labute approximate surface area is 98.8 Å². The molecule has 0 aliphatic rings. The van der Waals surface area contributed by atoms with Gasteiger partial charge in [-0.2, -0.15) is 4.99 Å². The molecule has 17 heavy (non-hydrogen) atoms. The third-order valence-electron chi connectivity index (χ3n) is 2.52. The van der Waals surface area contributed by atoms with Crippen molar-refractivity contribution in [2.24, 2.45) is 4.99 Å². The van der Waals surface area contributed by atoms with Crippen LogP contribution < -0.4 is 0 Å². The summed E-state index contributed by atoms with van der Waals surface area (Å²) >= 11 is 0. The molecule has 5 nitrogen and oxygen atoms in total. The van der Waals surface area contributed by atoms with E-state index < -0.39 is 0 Å². The van der Waals surface area contributed by atoms with Gasteiger partial charge in [0.15, 0.2) is 0 Å². The minimum Gasteiger partial charge on any atom is -0.220 e. The van der Waals surface area contributed by atoms with Gasteiger partial charge in [-0.3, -0.25) is 0 Å². The molecule has 0 saturated heterocycles. The monoisotopic (exact) mass is 228 g/mol. The van der Waals surface area contributed by atoms with Crippen LogP contribution in [0.1, 0.15) is 18.2 Å². The molecule has 0 atom stereocenters. The van der Waals surface area contributed by atoms with Crippen molar-refractivity contribution in [3.05, 3.63) is 35.7 Å². The van der Waals surface area contributed by atoms with Gasteiger partial charge in [0.05, 0.1) is 23.3 Å². The molecule has 5 heteroatoms. The summed E-state index contributed by atoms with van der Waals surface area (Å²) in [5.74, 6) is 0. The zero-order valence-electron chi connectivity index (χ0n) is 9.71. The second kappa shape index (κ2) is 4.72. The van der Waals surface area contributed by atoms with E-state index in [-0.39, 0.29) is 0 Å². The minimum absolute atomic E-state index is 0.564. The number of nitrogens with zero attached hydrogens (tertiary/aromatic N) is 4. The number of aryl methyl sites for hydroxylation is 2. The number of isocyanates is 1. The summed E-state index contributed by atoms with van der Waals surface area (Å²) in [7, 11) is 0. The summed E-state index contributed by atoms with van der Waals surface area (Å²) in [5, 5.41) is 8.08. The van der Waals surface area contributed by atoms with Gasteiger partial charge in [-0.15, -0.1) is 5.10 Å². The Bertz CT molecular complexity index is 582. The molecule has 2 rings (SSSR count). The Morgan fingerprint density at radius 2 is 2.29 bits per heavy atom. The summed E-state index contributed by atoms with van der Waals surface area (Å²) < 4.78 is 1.69. The van der Waals surface area contributed by atoms with Crippen molar-refractivity contribution in [2.75, 3.05) is 0 Å². The first kappa shape index (κ1) is 11.2. The number of rotatable bonds is 3. The predicted octanol–water partition coefficient (Wildman–Crippen LogP) is 2.11. The average molecular weight is 228 g/mol. The lowest BCUT2D eigenvalue weighted by Gasteiger charge is -2.04. The van der Waals surface area contributed by atoms with Gasteiger partial charge >= 0.3 is 0 Å². The highest BCUT2D eigenvalue weighted by Crippen LogP contribution is 2.20. The molecule has 1 aromatic heterocycles. The highest BCUT2D eigenvalue weighted by molar-refractivity contribution is 5.55. The zero-order valence-corrected chi connectivity index (χ0v) is 9.71. The average Bonchev–Trinajstić information content (AvgIpc) is 2.80. The van der Waals surface area contributed by atoms with Gasteiger partial charge in [0.1, 0.15) is 0 Å². The van der Waals surface area contributed by atoms with Crippen molar-refractivity contribution in [2.45, 2.75) is 20.3 Å². The van der Waals surface area contributed by atoms with Crippen LogP contribution in [0.3, 0.4) is 0 Å². The molecule has 0 N–H and O–H groups in total. The Balaban J connectivity index is 2.49. The molecule has 0 aliphatic carbocycles. The smallest absolute Gasteiger partial charge is 0.220 e. The Morgan fingerprint density at radius 3 is 2.94 bits per heavy atom. The molecule has 0 radical (unpaired) electrons. The van der Waals surface area contributed by atoms with E-state index in [0.29, 0.717) is 5.69 Å². The topological polar surface area (TPSA) is 60.1 Å². The maximum absolute atomic E-state index is 10.2. The standard InChI is InChI=1S/C12H12N4O/c1-3-10-7-16(15-14-10)12-6-11(13-8-17)5-4-9(12)2/h4-7H,3H2,1-2H3. The molecule has 0 bridgehead atoms. The van der Waals surface area contributed by atoms with Gasteiger partial charge in [0.25, 0.3) is 0 Å². The van der Waals surface area contributed by atoms with Crippen molar-refractivity contribution >= 4 is 11.8 Å². The van der Waals surface area contributed by atoms with Gasteiger partial charge in [-0.05, 0) is 31.0 Å². The van der Waals surface area contributed by atoms with Gasteiger partial charge in [0.2, 0.25) is 6.08 Å². The third-order valence-corrected chi connectivity index (χ3v) is 2.52. The fourth-order valence-corrected chi connectivity index (χ4v) is 1.54.